The minimum absolute atomic E-state index is 0.0736. The fraction of sp³-hybridized carbons (Fsp3) is 0.318. The highest BCUT2D eigenvalue weighted by molar-refractivity contribution is 5.83. The molecule has 2 aromatic carbocycles. The molecule has 7 heteroatoms. The molecule has 152 valence electrons. The number of aromatic nitrogens is 1. The van der Waals surface area contributed by atoms with Gasteiger partial charge in [0.25, 0.3) is 0 Å². The van der Waals surface area contributed by atoms with E-state index in [1.165, 1.54) is 17.8 Å². The number of ether oxygens (including phenoxy) is 1. The number of halogens is 1. The molecule has 0 aliphatic carbocycles. The molecule has 3 aromatic rings. The van der Waals surface area contributed by atoms with Gasteiger partial charge in [0, 0.05) is 29.6 Å². The van der Waals surface area contributed by atoms with Crippen LogP contribution in [0.5, 0.6) is 5.75 Å². The monoisotopic (exact) mass is 396 g/mol. The lowest BCUT2D eigenvalue weighted by molar-refractivity contribution is -0.121. The van der Waals surface area contributed by atoms with E-state index in [1.54, 1.807) is 19.2 Å². The first-order valence-electron chi connectivity index (χ1n) is 9.79. The molecule has 2 unspecified atom stereocenters. The first-order chi connectivity index (χ1) is 14.1. The summed E-state index contributed by atoms with van der Waals surface area (Å²) in [7, 11) is 1.67. The van der Waals surface area contributed by atoms with Crippen molar-refractivity contribution in [3.63, 3.8) is 0 Å². The SMILES string of the molecule is CCn1c(C2CC(NC(=O)Cc3ccc(F)cc3)NN2)cc2cc(OC)ccc21. The molecule has 3 N–H and O–H groups in total. The molecule has 1 amide bonds. The largest absolute Gasteiger partial charge is 0.497 e. The summed E-state index contributed by atoms with van der Waals surface area (Å²) >= 11 is 0. The molecule has 1 aromatic heterocycles. The highest BCUT2D eigenvalue weighted by Gasteiger charge is 2.28. The van der Waals surface area contributed by atoms with E-state index in [4.69, 9.17) is 4.74 Å². The molecule has 0 bridgehead atoms. The van der Waals surface area contributed by atoms with Gasteiger partial charge in [-0.1, -0.05) is 12.1 Å². The predicted molar refractivity (Wildman–Crippen MR) is 110 cm³/mol. The Labute approximate surface area is 169 Å². The molecule has 0 spiro atoms. The standard InChI is InChI=1S/C22H25FN4O2/c1-3-27-19-9-8-17(29-2)11-15(19)12-20(27)18-13-21(26-25-18)24-22(28)10-14-4-6-16(23)7-5-14/h4-9,11-12,18,21,25-26H,3,10,13H2,1-2H3,(H,24,28). The fourth-order valence-corrected chi connectivity index (χ4v) is 3.92. The topological polar surface area (TPSA) is 67.3 Å². The summed E-state index contributed by atoms with van der Waals surface area (Å²) < 4.78 is 20.6. The Bertz CT molecular complexity index is 1020. The summed E-state index contributed by atoms with van der Waals surface area (Å²) in [5.74, 6) is 0.431. The van der Waals surface area contributed by atoms with Crippen LogP contribution >= 0.6 is 0 Å². The van der Waals surface area contributed by atoms with E-state index < -0.39 is 0 Å². The van der Waals surface area contributed by atoms with E-state index in [0.717, 1.165) is 35.2 Å². The molecule has 1 fully saturated rings. The number of nitrogens with zero attached hydrogens (tertiary/aromatic N) is 1. The number of amides is 1. The molecular formula is C22H25FN4O2. The van der Waals surface area contributed by atoms with Gasteiger partial charge in [-0.25, -0.2) is 15.2 Å². The number of carbonyl (C=O) groups excluding carboxylic acids is 1. The lowest BCUT2D eigenvalue weighted by Crippen LogP contribution is -2.44. The number of fused-ring (bicyclic) bond motifs is 1. The van der Waals surface area contributed by atoms with Crippen LogP contribution in [0, 0.1) is 5.82 Å². The van der Waals surface area contributed by atoms with Crippen molar-refractivity contribution in [2.75, 3.05) is 7.11 Å². The van der Waals surface area contributed by atoms with E-state index in [2.05, 4.69) is 39.8 Å². The van der Waals surface area contributed by atoms with Gasteiger partial charge in [-0.2, -0.15) is 0 Å². The van der Waals surface area contributed by atoms with E-state index in [1.807, 2.05) is 12.1 Å². The van der Waals surface area contributed by atoms with Gasteiger partial charge in [-0.05, 0) is 48.9 Å². The minimum Gasteiger partial charge on any atom is -0.497 e. The van der Waals surface area contributed by atoms with Gasteiger partial charge in [-0.15, -0.1) is 0 Å². The minimum atomic E-state index is -0.303. The van der Waals surface area contributed by atoms with Crippen molar-refractivity contribution in [1.29, 1.82) is 0 Å². The lowest BCUT2D eigenvalue weighted by Gasteiger charge is -2.14. The normalized spacial score (nSPS) is 18.9. The molecule has 0 saturated carbocycles. The first kappa shape index (κ1) is 19.4. The third-order valence-electron chi connectivity index (χ3n) is 5.33. The number of rotatable bonds is 6. The van der Waals surface area contributed by atoms with Crippen LogP contribution in [0.2, 0.25) is 0 Å². The van der Waals surface area contributed by atoms with E-state index in [0.29, 0.717) is 0 Å². The Morgan fingerprint density at radius 1 is 1.21 bits per heavy atom. The maximum atomic E-state index is 13.0. The average molecular weight is 396 g/mol. The molecular weight excluding hydrogens is 371 g/mol. The van der Waals surface area contributed by atoms with Gasteiger partial charge in [0.2, 0.25) is 5.91 Å². The summed E-state index contributed by atoms with van der Waals surface area (Å²) in [6, 6.07) is 14.3. The van der Waals surface area contributed by atoms with Crippen LogP contribution < -0.4 is 20.9 Å². The van der Waals surface area contributed by atoms with Gasteiger partial charge in [0.15, 0.2) is 0 Å². The molecule has 1 saturated heterocycles. The van der Waals surface area contributed by atoms with Crippen LogP contribution in [-0.2, 0) is 17.8 Å². The van der Waals surface area contributed by atoms with Crippen molar-refractivity contribution in [3.8, 4) is 5.75 Å². The Hall–Kier alpha value is -2.90. The van der Waals surface area contributed by atoms with Crippen molar-refractivity contribution in [1.82, 2.24) is 20.7 Å². The van der Waals surface area contributed by atoms with Gasteiger partial charge < -0.3 is 14.6 Å². The molecule has 2 heterocycles. The number of hydrazine groups is 1. The van der Waals surface area contributed by atoms with Crippen molar-refractivity contribution >= 4 is 16.8 Å². The lowest BCUT2D eigenvalue weighted by atomic mass is 10.1. The zero-order valence-corrected chi connectivity index (χ0v) is 16.5. The zero-order chi connectivity index (χ0) is 20.4. The highest BCUT2D eigenvalue weighted by Crippen LogP contribution is 2.30. The summed E-state index contributed by atoms with van der Waals surface area (Å²) in [4.78, 5) is 12.3. The van der Waals surface area contributed by atoms with Crippen LogP contribution in [0.25, 0.3) is 10.9 Å². The number of aryl methyl sites for hydroxylation is 1. The molecule has 6 nitrogen and oxygen atoms in total. The van der Waals surface area contributed by atoms with Crippen molar-refractivity contribution in [2.45, 2.75) is 38.5 Å². The summed E-state index contributed by atoms with van der Waals surface area (Å²) in [6.07, 6.45) is 0.770. The number of carbonyl (C=O) groups is 1. The molecule has 4 rings (SSSR count). The third kappa shape index (κ3) is 4.11. The smallest absolute Gasteiger partial charge is 0.225 e. The van der Waals surface area contributed by atoms with E-state index >= 15 is 0 Å². The van der Waals surface area contributed by atoms with Gasteiger partial charge in [0.05, 0.1) is 25.7 Å². The second-order valence-corrected chi connectivity index (χ2v) is 7.24. The van der Waals surface area contributed by atoms with Crippen LogP contribution in [-0.4, -0.2) is 23.7 Å². The predicted octanol–water partition coefficient (Wildman–Crippen LogP) is 3.03. The van der Waals surface area contributed by atoms with Crippen LogP contribution in [0.15, 0.2) is 48.5 Å². The number of nitrogens with one attached hydrogen (secondary N) is 3. The Kier molecular flexibility index (Phi) is 5.51. The summed E-state index contributed by atoms with van der Waals surface area (Å²) in [5, 5.41) is 4.13. The summed E-state index contributed by atoms with van der Waals surface area (Å²) in [5.41, 5.74) is 9.58. The summed E-state index contributed by atoms with van der Waals surface area (Å²) in [6.45, 7) is 2.97. The maximum absolute atomic E-state index is 13.0. The van der Waals surface area contributed by atoms with Crippen LogP contribution in [0.4, 0.5) is 4.39 Å². The van der Waals surface area contributed by atoms with Crippen LogP contribution in [0.1, 0.15) is 30.6 Å². The fourth-order valence-electron chi connectivity index (χ4n) is 3.92. The Balaban J connectivity index is 1.44. The second-order valence-electron chi connectivity index (χ2n) is 7.24. The van der Waals surface area contributed by atoms with Crippen LogP contribution in [0.3, 0.4) is 0 Å². The quantitative estimate of drug-likeness (QED) is 0.599. The zero-order valence-electron chi connectivity index (χ0n) is 16.5. The number of benzene rings is 2. The van der Waals surface area contributed by atoms with Crippen molar-refractivity contribution in [2.24, 2.45) is 0 Å². The van der Waals surface area contributed by atoms with Gasteiger partial charge >= 0.3 is 0 Å². The van der Waals surface area contributed by atoms with Gasteiger partial charge in [0.1, 0.15) is 11.6 Å². The third-order valence-corrected chi connectivity index (χ3v) is 5.33. The molecule has 2 atom stereocenters. The molecule has 1 aliphatic heterocycles. The number of hydrogen-bond donors (Lipinski definition) is 3. The average Bonchev–Trinajstić information content (AvgIpc) is 3.32. The first-order valence-corrected chi connectivity index (χ1v) is 9.79. The maximum Gasteiger partial charge on any atom is 0.225 e. The van der Waals surface area contributed by atoms with E-state index in [-0.39, 0.29) is 30.4 Å². The van der Waals surface area contributed by atoms with E-state index in [9.17, 15) is 9.18 Å². The Morgan fingerprint density at radius 2 is 2.00 bits per heavy atom. The Morgan fingerprint density at radius 3 is 2.72 bits per heavy atom. The van der Waals surface area contributed by atoms with Crippen molar-refractivity contribution < 1.29 is 13.9 Å². The van der Waals surface area contributed by atoms with Crippen molar-refractivity contribution in [3.05, 3.63) is 65.6 Å². The molecule has 29 heavy (non-hydrogen) atoms. The second kappa shape index (κ2) is 8.23. The molecule has 1 aliphatic rings. The highest BCUT2D eigenvalue weighted by atomic mass is 19.1. The number of methoxy groups -OCH3 is 1. The number of hydrogen-bond acceptors (Lipinski definition) is 4. The molecule has 0 radical (unpaired) electrons. The van der Waals surface area contributed by atoms with Gasteiger partial charge in [-0.3, -0.25) is 4.79 Å².